The summed E-state index contributed by atoms with van der Waals surface area (Å²) in [5, 5.41) is 11.5. The monoisotopic (exact) mass is 390 g/mol. The summed E-state index contributed by atoms with van der Waals surface area (Å²) in [5.74, 6) is 0.107. The van der Waals surface area contributed by atoms with Crippen molar-refractivity contribution in [1.82, 2.24) is 14.8 Å². The average Bonchev–Trinajstić information content (AvgIpc) is 2.98. The number of amides is 1. The van der Waals surface area contributed by atoms with Crippen LogP contribution in [0.15, 0.2) is 47.6 Å². The SMILES string of the molecule is Cc1ccc(-n2c(C)nnc2SCC(=O)Nc2ccc(F)c(Cl)c2)cc1. The number of rotatable bonds is 5. The summed E-state index contributed by atoms with van der Waals surface area (Å²) < 4.78 is 15.1. The normalized spacial score (nSPS) is 10.8. The summed E-state index contributed by atoms with van der Waals surface area (Å²) in [5.41, 5.74) is 2.54. The lowest BCUT2D eigenvalue weighted by Gasteiger charge is -2.09. The second kappa shape index (κ2) is 7.88. The van der Waals surface area contributed by atoms with Crippen molar-refractivity contribution in [1.29, 1.82) is 0 Å². The van der Waals surface area contributed by atoms with Gasteiger partial charge in [0.25, 0.3) is 0 Å². The van der Waals surface area contributed by atoms with Gasteiger partial charge in [0.1, 0.15) is 11.6 Å². The number of carbonyl (C=O) groups excluding carboxylic acids is 1. The highest BCUT2D eigenvalue weighted by atomic mass is 35.5. The molecule has 134 valence electrons. The molecule has 1 N–H and O–H groups in total. The Bertz CT molecular complexity index is 943. The molecule has 1 amide bonds. The van der Waals surface area contributed by atoms with Crippen LogP contribution in [0.25, 0.3) is 5.69 Å². The molecule has 0 radical (unpaired) electrons. The molecule has 26 heavy (non-hydrogen) atoms. The van der Waals surface area contributed by atoms with Crippen molar-refractivity contribution in [3.63, 3.8) is 0 Å². The van der Waals surface area contributed by atoms with E-state index in [0.29, 0.717) is 10.8 Å². The lowest BCUT2D eigenvalue weighted by atomic mass is 10.2. The Balaban J connectivity index is 1.69. The van der Waals surface area contributed by atoms with E-state index in [4.69, 9.17) is 11.6 Å². The molecule has 1 aromatic heterocycles. The maximum atomic E-state index is 13.2. The first-order valence-electron chi connectivity index (χ1n) is 7.81. The van der Waals surface area contributed by atoms with E-state index in [9.17, 15) is 9.18 Å². The van der Waals surface area contributed by atoms with Gasteiger partial charge in [0.2, 0.25) is 5.91 Å². The third kappa shape index (κ3) is 4.23. The largest absolute Gasteiger partial charge is 0.325 e. The van der Waals surface area contributed by atoms with Gasteiger partial charge in [-0.1, -0.05) is 41.1 Å². The van der Waals surface area contributed by atoms with Gasteiger partial charge >= 0.3 is 0 Å². The van der Waals surface area contributed by atoms with Crippen LogP contribution in [0.1, 0.15) is 11.4 Å². The molecule has 0 spiro atoms. The fourth-order valence-electron chi connectivity index (χ4n) is 2.33. The zero-order valence-corrected chi connectivity index (χ0v) is 15.7. The van der Waals surface area contributed by atoms with Crippen LogP contribution in [0, 0.1) is 19.7 Å². The molecule has 8 heteroatoms. The maximum Gasteiger partial charge on any atom is 0.234 e. The molecule has 0 unspecified atom stereocenters. The topological polar surface area (TPSA) is 59.8 Å². The Morgan fingerprint density at radius 1 is 1.19 bits per heavy atom. The Morgan fingerprint density at radius 2 is 1.92 bits per heavy atom. The van der Waals surface area contributed by atoms with Gasteiger partial charge in [0, 0.05) is 11.4 Å². The van der Waals surface area contributed by atoms with Gasteiger partial charge in [-0.25, -0.2) is 4.39 Å². The first-order chi connectivity index (χ1) is 12.4. The molecule has 0 aliphatic heterocycles. The zero-order chi connectivity index (χ0) is 18.7. The minimum Gasteiger partial charge on any atom is -0.325 e. The summed E-state index contributed by atoms with van der Waals surface area (Å²) in [6.07, 6.45) is 0. The minimum absolute atomic E-state index is 0.0369. The van der Waals surface area contributed by atoms with Crippen LogP contribution < -0.4 is 5.32 Å². The van der Waals surface area contributed by atoms with Gasteiger partial charge in [-0.15, -0.1) is 10.2 Å². The van der Waals surface area contributed by atoms with E-state index in [2.05, 4.69) is 15.5 Å². The second-order valence-corrected chi connectivity index (χ2v) is 7.02. The number of anilines is 1. The third-order valence-corrected chi connectivity index (χ3v) is 4.84. The predicted molar refractivity (Wildman–Crippen MR) is 102 cm³/mol. The Morgan fingerprint density at radius 3 is 2.62 bits per heavy atom. The number of thioether (sulfide) groups is 1. The van der Waals surface area contributed by atoms with Crippen LogP contribution >= 0.6 is 23.4 Å². The van der Waals surface area contributed by atoms with E-state index >= 15 is 0 Å². The summed E-state index contributed by atoms with van der Waals surface area (Å²) >= 11 is 6.99. The predicted octanol–water partition coefficient (Wildman–Crippen LogP) is 4.41. The van der Waals surface area contributed by atoms with Crippen molar-refractivity contribution in [3.05, 3.63) is 64.7 Å². The number of aryl methyl sites for hydroxylation is 2. The van der Waals surface area contributed by atoms with Crippen LogP contribution in [0.2, 0.25) is 5.02 Å². The van der Waals surface area contributed by atoms with Crippen LogP contribution in [0.4, 0.5) is 10.1 Å². The zero-order valence-electron chi connectivity index (χ0n) is 14.2. The van der Waals surface area contributed by atoms with Crippen molar-refractivity contribution in [2.45, 2.75) is 19.0 Å². The van der Waals surface area contributed by atoms with Crippen molar-refractivity contribution >= 4 is 35.0 Å². The fourth-order valence-corrected chi connectivity index (χ4v) is 3.31. The third-order valence-electron chi connectivity index (χ3n) is 3.62. The van der Waals surface area contributed by atoms with E-state index in [1.54, 1.807) is 0 Å². The molecular weight excluding hydrogens is 375 g/mol. The summed E-state index contributed by atoms with van der Waals surface area (Å²) in [4.78, 5) is 12.2. The van der Waals surface area contributed by atoms with Crippen molar-refractivity contribution < 1.29 is 9.18 Å². The highest BCUT2D eigenvalue weighted by Crippen LogP contribution is 2.23. The molecular formula is C18H16ClFN4OS. The average molecular weight is 391 g/mol. The molecule has 2 aromatic carbocycles. The molecule has 0 atom stereocenters. The standard InChI is InChI=1S/C18H16ClFN4OS/c1-11-3-6-14(7-4-11)24-12(2)22-23-18(24)26-10-17(25)21-13-5-8-16(20)15(19)9-13/h3-9H,10H2,1-2H3,(H,21,25). The van der Waals surface area contributed by atoms with E-state index in [1.807, 2.05) is 42.7 Å². The van der Waals surface area contributed by atoms with Crippen molar-refractivity contribution in [2.24, 2.45) is 0 Å². The van der Waals surface area contributed by atoms with Crippen molar-refractivity contribution in [3.8, 4) is 5.69 Å². The molecule has 0 saturated carbocycles. The first kappa shape index (κ1) is 18.4. The summed E-state index contributed by atoms with van der Waals surface area (Å²) in [6.45, 7) is 3.88. The van der Waals surface area contributed by atoms with Gasteiger partial charge in [0.15, 0.2) is 5.16 Å². The van der Waals surface area contributed by atoms with Crippen LogP contribution in [-0.2, 0) is 4.79 Å². The molecule has 0 bridgehead atoms. The number of nitrogens with one attached hydrogen (secondary N) is 1. The van der Waals surface area contributed by atoms with Crippen LogP contribution in [0.3, 0.4) is 0 Å². The molecule has 0 fully saturated rings. The first-order valence-corrected chi connectivity index (χ1v) is 9.17. The second-order valence-electron chi connectivity index (χ2n) is 5.67. The van der Waals surface area contributed by atoms with E-state index in [1.165, 1.54) is 30.0 Å². The van der Waals surface area contributed by atoms with E-state index < -0.39 is 5.82 Å². The number of halogens is 2. The van der Waals surface area contributed by atoms with Gasteiger partial charge < -0.3 is 5.32 Å². The minimum atomic E-state index is -0.527. The Labute approximate surface area is 159 Å². The highest BCUT2D eigenvalue weighted by Gasteiger charge is 2.14. The number of benzene rings is 2. The lowest BCUT2D eigenvalue weighted by Crippen LogP contribution is -2.14. The lowest BCUT2D eigenvalue weighted by molar-refractivity contribution is -0.113. The number of nitrogens with zero attached hydrogens (tertiary/aromatic N) is 3. The van der Waals surface area contributed by atoms with Crippen molar-refractivity contribution in [2.75, 3.05) is 11.1 Å². The molecule has 0 saturated heterocycles. The van der Waals surface area contributed by atoms with Crippen LogP contribution in [0.5, 0.6) is 0 Å². The number of hydrogen-bond acceptors (Lipinski definition) is 4. The van der Waals surface area contributed by atoms with Gasteiger partial charge in [0.05, 0.1) is 10.8 Å². The number of aromatic nitrogens is 3. The van der Waals surface area contributed by atoms with E-state index in [0.717, 1.165) is 17.1 Å². The molecule has 5 nitrogen and oxygen atoms in total. The number of hydrogen-bond donors (Lipinski definition) is 1. The van der Waals surface area contributed by atoms with Gasteiger partial charge in [-0.05, 0) is 44.2 Å². The smallest absolute Gasteiger partial charge is 0.234 e. The van der Waals surface area contributed by atoms with E-state index in [-0.39, 0.29) is 16.7 Å². The summed E-state index contributed by atoms with van der Waals surface area (Å²) in [6, 6.07) is 12.0. The molecule has 0 aliphatic rings. The highest BCUT2D eigenvalue weighted by molar-refractivity contribution is 7.99. The Kier molecular flexibility index (Phi) is 5.58. The summed E-state index contributed by atoms with van der Waals surface area (Å²) in [7, 11) is 0. The Hall–Kier alpha value is -2.38. The van der Waals surface area contributed by atoms with Gasteiger partial charge in [-0.2, -0.15) is 0 Å². The van der Waals surface area contributed by atoms with Crippen LogP contribution in [-0.4, -0.2) is 26.4 Å². The molecule has 3 rings (SSSR count). The van der Waals surface area contributed by atoms with Gasteiger partial charge in [-0.3, -0.25) is 9.36 Å². The number of carbonyl (C=O) groups is 1. The molecule has 0 aliphatic carbocycles. The molecule has 3 aromatic rings. The fraction of sp³-hybridized carbons (Fsp3) is 0.167. The maximum absolute atomic E-state index is 13.2. The molecule has 1 heterocycles. The quantitative estimate of drug-likeness (QED) is 0.655.